The lowest BCUT2D eigenvalue weighted by Gasteiger charge is -2.34. The minimum Gasteiger partial charge on any atom is -0.340 e. The Morgan fingerprint density at radius 2 is 2.05 bits per heavy atom. The SMILES string of the molecule is O=C(CCS)N1CCN(Cc2noc(C3CC3)n2)CC1. The second kappa shape index (κ2) is 6.13. The molecule has 0 unspecified atom stereocenters. The molecule has 0 bridgehead atoms. The number of hydrogen-bond acceptors (Lipinski definition) is 6. The molecule has 0 N–H and O–H groups in total. The molecule has 1 saturated heterocycles. The topological polar surface area (TPSA) is 62.5 Å². The first-order valence-electron chi connectivity index (χ1n) is 7.19. The molecule has 0 radical (unpaired) electrons. The van der Waals surface area contributed by atoms with Crippen LogP contribution >= 0.6 is 12.6 Å². The zero-order valence-electron chi connectivity index (χ0n) is 11.5. The molecule has 2 heterocycles. The number of rotatable bonds is 5. The predicted octanol–water partition coefficient (Wildman–Crippen LogP) is 0.911. The molecule has 1 saturated carbocycles. The van der Waals surface area contributed by atoms with E-state index in [1.54, 1.807) is 0 Å². The summed E-state index contributed by atoms with van der Waals surface area (Å²) in [5.74, 6) is 2.89. The lowest BCUT2D eigenvalue weighted by atomic mass is 10.3. The average molecular weight is 296 g/mol. The summed E-state index contributed by atoms with van der Waals surface area (Å²) in [6.07, 6.45) is 2.87. The van der Waals surface area contributed by atoms with Crippen molar-refractivity contribution in [3.8, 4) is 0 Å². The molecule has 6 nitrogen and oxygen atoms in total. The van der Waals surface area contributed by atoms with Gasteiger partial charge in [0.15, 0.2) is 5.82 Å². The highest BCUT2D eigenvalue weighted by atomic mass is 32.1. The van der Waals surface area contributed by atoms with Crippen LogP contribution in [0.4, 0.5) is 0 Å². The maximum atomic E-state index is 11.8. The van der Waals surface area contributed by atoms with Gasteiger partial charge in [-0.2, -0.15) is 17.6 Å². The van der Waals surface area contributed by atoms with Gasteiger partial charge in [0.1, 0.15) is 0 Å². The summed E-state index contributed by atoms with van der Waals surface area (Å²) in [7, 11) is 0. The smallest absolute Gasteiger partial charge is 0.229 e. The summed E-state index contributed by atoms with van der Waals surface area (Å²) in [6.45, 7) is 4.00. The van der Waals surface area contributed by atoms with Crippen molar-refractivity contribution < 1.29 is 9.32 Å². The van der Waals surface area contributed by atoms with Gasteiger partial charge in [0.05, 0.1) is 6.54 Å². The fourth-order valence-corrected chi connectivity index (χ4v) is 2.63. The summed E-state index contributed by atoms with van der Waals surface area (Å²) in [5, 5.41) is 4.04. The Bertz CT molecular complexity index is 467. The van der Waals surface area contributed by atoms with Crippen LogP contribution in [0.5, 0.6) is 0 Å². The van der Waals surface area contributed by atoms with Crippen LogP contribution in [0.2, 0.25) is 0 Å². The molecule has 1 amide bonds. The number of nitrogens with zero attached hydrogens (tertiary/aromatic N) is 4. The second-order valence-corrected chi connectivity index (χ2v) is 5.90. The first kappa shape index (κ1) is 13.9. The van der Waals surface area contributed by atoms with E-state index in [9.17, 15) is 4.79 Å². The molecular formula is C13H20N4O2S. The lowest BCUT2D eigenvalue weighted by molar-refractivity contribution is -0.132. The van der Waals surface area contributed by atoms with Crippen LogP contribution in [0.3, 0.4) is 0 Å². The molecule has 0 atom stereocenters. The largest absolute Gasteiger partial charge is 0.340 e. The van der Waals surface area contributed by atoms with Gasteiger partial charge in [-0.15, -0.1) is 0 Å². The predicted molar refractivity (Wildman–Crippen MR) is 76.6 cm³/mol. The molecule has 1 aromatic rings. The van der Waals surface area contributed by atoms with Gasteiger partial charge < -0.3 is 9.42 Å². The summed E-state index contributed by atoms with van der Waals surface area (Å²) in [6, 6.07) is 0. The van der Waals surface area contributed by atoms with Crippen molar-refractivity contribution in [2.24, 2.45) is 0 Å². The summed E-state index contributed by atoms with van der Waals surface area (Å²) in [5.41, 5.74) is 0. The Morgan fingerprint density at radius 3 is 2.70 bits per heavy atom. The van der Waals surface area contributed by atoms with Gasteiger partial charge in [0, 0.05) is 38.5 Å². The number of thiol groups is 1. The Morgan fingerprint density at radius 1 is 1.30 bits per heavy atom. The molecule has 20 heavy (non-hydrogen) atoms. The monoisotopic (exact) mass is 296 g/mol. The van der Waals surface area contributed by atoms with Gasteiger partial charge in [-0.3, -0.25) is 9.69 Å². The first-order valence-corrected chi connectivity index (χ1v) is 7.83. The van der Waals surface area contributed by atoms with Crippen LogP contribution in [0, 0.1) is 0 Å². The van der Waals surface area contributed by atoms with Crippen LogP contribution < -0.4 is 0 Å². The number of carbonyl (C=O) groups is 1. The zero-order chi connectivity index (χ0) is 13.9. The van der Waals surface area contributed by atoms with Gasteiger partial charge in [0.2, 0.25) is 11.8 Å². The first-order chi connectivity index (χ1) is 9.76. The minimum absolute atomic E-state index is 0.204. The van der Waals surface area contributed by atoms with E-state index in [-0.39, 0.29) is 5.91 Å². The standard InChI is InChI=1S/C13H20N4O2S/c18-12(3-8-20)17-6-4-16(5-7-17)9-11-14-13(19-15-11)10-1-2-10/h10,20H,1-9H2. The number of piperazine rings is 1. The third-order valence-corrected chi connectivity index (χ3v) is 4.05. The number of carbonyl (C=O) groups excluding carboxylic acids is 1. The van der Waals surface area contributed by atoms with E-state index < -0.39 is 0 Å². The molecule has 0 spiro atoms. The Labute approximate surface area is 123 Å². The maximum Gasteiger partial charge on any atom is 0.229 e. The summed E-state index contributed by atoms with van der Waals surface area (Å²) < 4.78 is 5.26. The normalized spacial score (nSPS) is 20.4. The van der Waals surface area contributed by atoms with Crippen molar-refractivity contribution in [2.75, 3.05) is 31.9 Å². The molecule has 2 aliphatic rings. The van der Waals surface area contributed by atoms with Crippen molar-refractivity contribution in [1.82, 2.24) is 19.9 Å². The number of hydrogen-bond donors (Lipinski definition) is 1. The Kier molecular flexibility index (Phi) is 4.26. The summed E-state index contributed by atoms with van der Waals surface area (Å²) >= 11 is 4.10. The van der Waals surface area contributed by atoms with Crippen molar-refractivity contribution >= 4 is 18.5 Å². The Balaban J connectivity index is 1.46. The molecule has 3 rings (SSSR count). The second-order valence-electron chi connectivity index (χ2n) is 5.45. The van der Waals surface area contributed by atoms with Crippen LogP contribution in [0.15, 0.2) is 4.52 Å². The van der Waals surface area contributed by atoms with Crippen LogP contribution in [0.25, 0.3) is 0 Å². The van der Waals surface area contributed by atoms with E-state index in [2.05, 4.69) is 27.7 Å². The minimum atomic E-state index is 0.204. The van der Waals surface area contributed by atoms with E-state index in [0.717, 1.165) is 37.9 Å². The van der Waals surface area contributed by atoms with Crippen molar-refractivity contribution in [3.63, 3.8) is 0 Å². The van der Waals surface area contributed by atoms with E-state index >= 15 is 0 Å². The van der Waals surface area contributed by atoms with Crippen LogP contribution in [-0.4, -0.2) is 57.8 Å². The Hall–Kier alpha value is -1.08. The summed E-state index contributed by atoms with van der Waals surface area (Å²) in [4.78, 5) is 20.4. The van der Waals surface area contributed by atoms with E-state index in [1.807, 2.05) is 4.90 Å². The molecule has 2 fully saturated rings. The van der Waals surface area contributed by atoms with E-state index in [0.29, 0.717) is 24.6 Å². The maximum absolute atomic E-state index is 11.8. The highest BCUT2D eigenvalue weighted by Gasteiger charge is 2.30. The highest BCUT2D eigenvalue weighted by Crippen LogP contribution is 2.38. The highest BCUT2D eigenvalue weighted by molar-refractivity contribution is 7.80. The fourth-order valence-electron chi connectivity index (χ4n) is 2.44. The zero-order valence-corrected chi connectivity index (χ0v) is 12.4. The van der Waals surface area contributed by atoms with Gasteiger partial charge in [-0.25, -0.2) is 0 Å². The van der Waals surface area contributed by atoms with Crippen LogP contribution in [0.1, 0.15) is 36.9 Å². The molecule has 0 aromatic carbocycles. The molecular weight excluding hydrogens is 276 g/mol. The quantitative estimate of drug-likeness (QED) is 0.818. The molecule has 1 aliphatic heterocycles. The van der Waals surface area contributed by atoms with Crippen molar-refractivity contribution in [2.45, 2.75) is 31.7 Å². The van der Waals surface area contributed by atoms with Crippen molar-refractivity contribution in [3.05, 3.63) is 11.7 Å². The van der Waals surface area contributed by atoms with Crippen LogP contribution in [-0.2, 0) is 11.3 Å². The van der Waals surface area contributed by atoms with E-state index in [1.165, 1.54) is 12.8 Å². The van der Waals surface area contributed by atoms with Gasteiger partial charge in [-0.05, 0) is 18.6 Å². The van der Waals surface area contributed by atoms with E-state index in [4.69, 9.17) is 4.52 Å². The molecule has 7 heteroatoms. The van der Waals surface area contributed by atoms with Gasteiger partial charge in [-0.1, -0.05) is 5.16 Å². The molecule has 110 valence electrons. The third kappa shape index (κ3) is 3.32. The van der Waals surface area contributed by atoms with Gasteiger partial charge >= 0.3 is 0 Å². The number of aromatic nitrogens is 2. The third-order valence-electron chi connectivity index (χ3n) is 3.83. The fraction of sp³-hybridized carbons (Fsp3) is 0.769. The molecule has 1 aliphatic carbocycles. The number of amides is 1. The van der Waals surface area contributed by atoms with Crippen molar-refractivity contribution in [1.29, 1.82) is 0 Å². The lowest BCUT2D eigenvalue weighted by Crippen LogP contribution is -2.48. The van der Waals surface area contributed by atoms with Gasteiger partial charge in [0.25, 0.3) is 0 Å². The average Bonchev–Trinajstić information content (AvgIpc) is 3.21. The molecule has 1 aromatic heterocycles.